The molecule has 0 saturated carbocycles. The fourth-order valence-electron chi connectivity index (χ4n) is 2.19. The maximum atomic E-state index is 12.4. The predicted molar refractivity (Wildman–Crippen MR) is 86.9 cm³/mol. The van der Waals surface area contributed by atoms with Crippen molar-refractivity contribution in [1.29, 1.82) is 0 Å². The van der Waals surface area contributed by atoms with Gasteiger partial charge in [0.05, 0.1) is 6.85 Å². The molecule has 1 aliphatic heterocycles. The monoisotopic (exact) mass is 330 g/mol. The first-order valence-corrected chi connectivity index (χ1v) is 7.99. The summed E-state index contributed by atoms with van der Waals surface area (Å²) in [5, 5.41) is 9.04. The second-order valence-electron chi connectivity index (χ2n) is 4.86. The summed E-state index contributed by atoms with van der Waals surface area (Å²) in [6.07, 6.45) is 0.146. The number of carboxylic acid groups (broad SMARTS) is 1. The van der Waals surface area contributed by atoms with Gasteiger partial charge < -0.3 is 10.0 Å². The van der Waals surface area contributed by atoms with E-state index in [1.807, 2.05) is 0 Å². The number of carbonyl (C=O) groups excluding carboxylic acids is 1. The molecule has 2 rings (SSSR count). The van der Waals surface area contributed by atoms with E-state index in [1.54, 1.807) is 6.92 Å². The normalized spacial score (nSPS) is 26.4. The van der Waals surface area contributed by atoms with Crippen molar-refractivity contribution in [2.75, 3.05) is 12.3 Å². The van der Waals surface area contributed by atoms with Crippen LogP contribution in [0.25, 0.3) is 0 Å². The van der Waals surface area contributed by atoms with Gasteiger partial charge in [-0.05, 0) is 18.5 Å². The van der Waals surface area contributed by atoms with Gasteiger partial charge in [-0.1, -0.05) is 25.1 Å². The molecule has 1 heterocycles. The topological polar surface area (TPSA) is 57.6 Å². The van der Waals surface area contributed by atoms with Crippen molar-refractivity contribution in [3.63, 3.8) is 0 Å². The molecule has 21 heavy (non-hydrogen) atoms. The summed E-state index contributed by atoms with van der Waals surface area (Å²) in [6.45, 7) is 1.81. The highest BCUT2D eigenvalue weighted by Crippen LogP contribution is 2.33. The summed E-state index contributed by atoms with van der Waals surface area (Å²) in [5.74, 6) is -1.56. The van der Waals surface area contributed by atoms with E-state index in [9.17, 15) is 14.7 Å². The van der Waals surface area contributed by atoms with Crippen LogP contribution in [0.1, 0.15) is 20.2 Å². The highest BCUT2D eigenvalue weighted by molar-refractivity contribution is 8.00. The number of aliphatic carboxylic acids is 1. The fourth-order valence-corrected chi connectivity index (χ4v) is 3.41. The van der Waals surface area contributed by atoms with E-state index in [2.05, 4.69) is 12.6 Å². The number of nitrogens with zero attached hydrogens (tertiary/aromatic N) is 1. The lowest BCUT2D eigenvalue weighted by atomic mass is 10.1. The molecule has 0 radical (unpaired) electrons. The first kappa shape index (κ1) is 10.6. The van der Waals surface area contributed by atoms with Crippen LogP contribution < -0.4 is 0 Å². The zero-order chi connectivity index (χ0) is 19.8. The standard InChI is InChI=1S/C15H19NO3S2/c1-10(9-20)14(17)16-8-12(7-13(16)15(18)19)21-11-5-3-2-4-6-11/h2-6,10,12-13,20H,7-9H2,1H3,(H,18,19)/t10-,12+,13-/m1/s1/i2D,3D,4D,5D,6D. The molecule has 1 aromatic rings. The first-order valence-electron chi connectivity index (χ1n) is 8.97. The van der Waals surface area contributed by atoms with Gasteiger partial charge in [-0.2, -0.15) is 12.6 Å². The lowest BCUT2D eigenvalue weighted by Crippen LogP contribution is -2.43. The number of carboxylic acids is 1. The molecule has 0 aromatic heterocycles. The number of likely N-dealkylation sites (tertiary alicyclic amines) is 1. The van der Waals surface area contributed by atoms with Gasteiger partial charge in [-0.3, -0.25) is 4.79 Å². The van der Waals surface area contributed by atoms with E-state index in [0.717, 1.165) is 11.8 Å². The number of benzene rings is 1. The van der Waals surface area contributed by atoms with Crippen molar-refractivity contribution in [2.24, 2.45) is 5.92 Å². The molecular formula is C15H19NO3S2. The van der Waals surface area contributed by atoms with E-state index in [0.29, 0.717) is 5.75 Å². The number of thiol groups is 1. The quantitative estimate of drug-likeness (QED) is 0.814. The third-order valence-corrected chi connectivity index (χ3v) is 4.95. The highest BCUT2D eigenvalue weighted by atomic mass is 32.2. The second kappa shape index (κ2) is 7.22. The summed E-state index contributed by atoms with van der Waals surface area (Å²) in [4.78, 5) is 25.3. The minimum absolute atomic E-state index is 0.0710. The molecule has 1 fully saturated rings. The number of hydrogen-bond acceptors (Lipinski definition) is 4. The van der Waals surface area contributed by atoms with E-state index in [4.69, 9.17) is 6.85 Å². The van der Waals surface area contributed by atoms with Crippen molar-refractivity contribution in [3.8, 4) is 0 Å². The lowest BCUT2D eigenvalue weighted by Gasteiger charge is -2.24. The molecular weight excluding hydrogens is 306 g/mol. The molecule has 114 valence electrons. The van der Waals surface area contributed by atoms with Gasteiger partial charge in [-0.15, -0.1) is 11.8 Å². The van der Waals surface area contributed by atoms with Gasteiger partial charge in [0.25, 0.3) is 0 Å². The molecule has 4 nitrogen and oxygen atoms in total. The smallest absolute Gasteiger partial charge is 0.326 e. The Morgan fingerprint density at radius 3 is 2.76 bits per heavy atom. The van der Waals surface area contributed by atoms with Crippen LogP contribution in [0.5, 0.6) is 0 Å². The van der Waals surface area contributed by atoms with E-state index in [-0.39, 0.29) is 41.1 Å². The minimum Gasteiger partial charge on any atom is -0.480 e. The molecule has 0 aliphatic carbocycles. The second-order valence-corrected chi connectivity index (χ2v) is 6.53. The van der Waals surface area contributed by atoms with Crippen LogP contribution in [0.4, 0.5) is 0 Å². The van der Waals surface area contributed by atoms with Crippen LogP contribution in [0.3, 0.4) is 0 Å². The maximum Gasteiger partial charge on any atom is 0.326 e. The van der Waals surface area contributed by atoms with Crippen LogP contribution in [-0.2, 0) is 9.59 Å². The summed E-state index contributed by atoms with van der Waals surface area (Å²) >= 11 is 5.11. The zero-order valence-electron chi connectivity index (χ0n) is 16.4. The Labute approximate surface area is 141 Å². The van der Waals surface area contributed by atoms with Gasteiger partial charge in [0.15, 0.2) is 0 Å². The predicted octanol–water partition coefficient (Wildman–Crippen LogP) is 2.40. The summed E-state index contributed by atoms with van der Waals surface area (Å²) in [6, 6.07) is -2.97. The molecule has 3 atom stereocenters. The molecule has 0 bridgehead atoms. The average molecular weight is 330 g/mol. The number of carbonyl (C=O) groups is 2. The Kier molecular flexibility index (Phi) is 3.63. The molecule has 1 N–H and O–H groups in total. The SMILES string of the molecule is [2H]c1c([2H])c([2H])c(S[C@H]2C[C@H](C(=O)O)N(C(=O)[C@H](C)CS)C2)c([2H])c1[2H]. The van der Waals surface area contributed by atoms with Gasteiger partial charge in [-0.25, -0.2) is 4.79 Å². The Morgan fingerprint density at radius 2 is 2.19 bits per heavy atom. The van der Waals surface area contributed by atoms with Crippen molar-refractivity contribution >= 4 is 36.3 Å². The average Bonchev–Trinajstić information content (AvgIpc) is 3.04. The highest BCUT2D eigenvalue weighted by Gasteiger charge is 2.40. The fraction of sp³-hybridized carbons (Fsp3) is 0.467. The molecule has 1 aliphatic rings. The van der Waals surface area contributed by atoms with Gasteiger partial charge in [0.2, 0.25) is 5.91 Å². The van der Waals surface area contributed by atoms with Gasteiger partial charge in [0, 0.05) is 28.4 Å². The molecule has 0 unspecified atom stereocenters. The Morgan fingerprint density at radius 1 is 1.52 bits per heavy atom. The summed E-state index contributed by atoms with van der Waals surface area (Å²) in [7, 11) is 0. The number of thioether (sulfide) groups is 1. The molecule has 1 amide bonds. The molecule has 1 saturated heterocycles. The van der Waals surface area contributed by atoms with Crippen molar-refractivity contribution in [1.82, 2.24) is 4.90 Å². The molecule has 6 heteroatoms. The summed E-state index contributed by atoms with van der Waals surface area (Å²) in [5.41, 5.74) is 0. The van der Waals surface area contributed by atoms with Crippen LogP contribution >= 0.6 is 24.4 Å². The third-order valence-electron chi connectivity index (χ3n) is 3.29. The zero-order valence-corrected chi connectivity index (χ0v) is 13.1. The van der Waals surface area contributed by atoms with Crippen molar-refractivity contribution in [3.05, 3.63) is 30.2 Å². The minimum atomic E-state index is -1.12. The van der Waals surface area contributed by atoms with Crippen LogP contribution in [-0.4, -0.2) is 45.5 Å². The van der Waals surface area contributed by atoms with E-state index < -0.39 is 36.1 Å². The third kappa shape index (κ3) is 3.95. The van der Waals surface area contributed by atoms with E-state index >= 15 is 0 Å². The molecule has 0 spiro atoms. The largest absolute Gasteiger partial charge is 0.480 e. The number of rotatable bonds is 5. The van der Waals surface area contributed by atoms with E-state index in [1.165, 1.54) is 4.90 Å². The Balaban J connectivity index is 2.30. The number of hydrogen-bond donors (Lipinski definition) is 2. The van der Waals surface area contributed by atoms with Crippen LogP contribution in [0.2, 0.25) is 0 Å². The molecule has 1 aromatic carbocycles. The van der Waals surface area contributed by atoms with Crippen LogP contribution in [0.15, 0.2) is 35.1 Å². The Hall–Kier alpha value is -1.14. The maximum absolute atomic E-state index is 12.4. The van der Waals surface area contributed by atoms with Gasteiger partial charge >= 0.3 is 5.97 Å². The Bertz CT molecular complexity index is 719. The number of amides is 1. The van der Waals surface area contributed by atoms with Gasteiger partial charge in [0.1, 0.15) is 6.04 Å². The first-order chi connectivity index (χ1) is 12.1. The van der Waals surface area contributed by atoms with Crippen molar-refractivity contribution in [2.45, 2.75) is 29.5 Å². The van der Waals surface area contributed by atoms with Crippen LogP contribution in [0, 0.1) is 5.92 Å². The lowest BCUT2D eigenvalue weighted by molar-refractivity contribution is -0.149. The summed E-state index contributed by atoms with van der Waals surface area (Å²) < 4.78 is 39.0. The van der Waals surface area contributed by atoms with Crippen molar-refractivity contribution < 1.29 is 21.5 Å².